The molecule has 0 radical (unpaired) electrons. The lowest BCUT2D eigenvalue weighted by Crippen LogP contribution is -2.37. The molecular weight excluding hydrogens is 330 g/mol. The molecule has 1 aromatic heterocycles. The maximum absolute atomic E-state index is 13.1. The summed E-state index contributed by atoms with van der Waals surface area (Å²) in [6.45, 7) is 2.28. The highest BCUT2D eigenvalue weighted by Crippen LogP contribution is 2.35. The molecule has 2 aliphatic rings. The smallest absolute Gasteiger partial charge is 0.223 e. The number of benzene rings is 1. The zero-order chi connectivity index (χ0) is 17.1. The summed E-state index contributed by atoms with van der Waals surface area (Å²) in [4.78, 5) is 16.4. The first-order chi connectivity index (χ1) is 12.3. The third-order valence-electron chi connectivity index (χ3n) is 5.41. The molecule has 0 bridgehead atoms. The topological polar surface area (TPSA) is 29.5 Å². The minimum atomic E-state index is 0.208. The lowest BCUT2D eigenvalue weighted by atomic mass is 9.97. The molecular formula is C21H25NO2S. The van der Waals surface area contributed by atoms with Gasteiger partial charge in [0.15, 0.2) is 0 Å². The van der Waals surface area contributed by atoms with Gasteiger partial charge in [0, 0.05) is 24.4 Å². The van der Waals surface area contributed by atoms with E-state index in [-0.39, 0.29) is 12.0 Å². The van der Waals surface area contributed by atoms with Gasteiger partial charge in [-0.05, 0) is 54.2 Å². The monoisotopic (exact) mass is 355 g/mol. The van der Waals surface area contributed by atoms with Crippen molar-refractivity contribution in [2.24, 2.45) is 0 Å². The first-order valence-electron chi connectivity index (χ1n) is 9.29. The second-order valence-corrected chi connectivity index (χ2v) is 8.16. The number of hydrogen-bond acceptors (Lipinski definition) is 3. The number of aryl methyl sites for hydroxylation is 1. The van der Waals surface area contributed by atoms with E-state index in [2.05, 4.69) is 41.8 Å². The molecule has 1 aromatic carbocycles. The predicted molar refractivity (Wildman–Crippen MR) is 101 cm³/mol. The van der Waals surface area contributed by atoms with Crippen LogP contribution in [0.3, 0.4) is 0 Å². The molecule has 132 valence electrons. The molecule has 0 spiro atoms. The molecule has 2 unspecified atom stereocenters. The Balaban J connectivity index is 1.45. The van der Waals surface area contributed by atoms with Crippen LogP contribution in [0, 0.1) is 0 Å². The fourth-order valence-corrected chi connectivity index (χ4v) is 4.80. The van der Waals surface area contributed by atoms with Crippen LogP contribution in [-0.4, -0.2) is 30.1 Å². The van der Waals surface area contributed by atoms with Crippen LogP contribution in [0.5, 0.6) is 0 Å². The van der Waals surface area contributed by atoms with Gasteiger partial charge in [0.2, 0.25) is 5.91 Å². The number of carbonyl (C=O) groups excluding carboxylic acids is 1. The second-order valence-electron chi connectivity index (χ2n) is 7.13. The summed E-state index contributed by atoms with van der Waals surface area (Å²) in [5, 5.41) is 2.08. The molecule has 2 heterocycles. The van der Waals surface area contributed by atoms with E-state index in [1.54, 1.807) is 11.3 Å². The van der Waals surface area contributed by atoms with Crippen molar-refractivity contribution in [3.8, 4) is 0 Å². The number of thiophene rings is 1. The highest BCUT2D eigenvalue weighted by Gasteiger charge is 2.28. The third kappa shape index (κ3) is 3.96. The minimum absolute atomic E-state index is 0.208. The summed E-state index contributed by atoms with van der Waals surface area (Å²) < 4.78 is 5.79. The SMILES string of the molecule is O=C(CC1CCc2ccccc21)N(Cc1cccs1)CC1CCCO1. The van der Waals surface area contributed by atoms with Crippen LogP contribution >= 0.6 is 11.3 Å². The number of hydrogen-bond donors (Lipinski definition) is 0. The van der Waals surface area contributed by atoms with Crippen molar-refractivity contribution < 1.29 is 9.53 Å². The van der Waals surface area contributed by atoms with E-state index in [1.165, 1.54) is 16.0 Å². The molecule has 1 aliphatic carbocycles. The summed E-state index contributed by atoms with van der Waals surface area (Å²) >= 11 is 1.72. The summed E-state index contributed by atoms with van der Waals surface area (Å²) in [6.07, 6.45) is 5.21. The summed E-state index contributed by atoms with van der Waals surface area (Å²) in [5.74, 6) is 0.643. The van der Waals surface area contributed by atoms with Crippen LogP contribution < -0.4 is 0 Å². The van der Waals surface area contributed by atoms with Gasteiger partial charge in [0.1, 0.15) is 0 Å². The Morgan fingerprint density at radius 1 is 1.20 bits per heavy atom. The number of nitrogens with zero attached hydrogens (tertiary/aromatic N) is 1. The first-order valence-corrected chi connectivity index (χ1v) is 10.2. The fraction of sp³-hybridized carbons (Fsp3) is 0.476. The number of fused-ring (bicyclic) bond motifs is 1. The number of rotatable bonds is 6. The van der Waals surface area contributed by atoms with Gasteiger partial charge < -0.3 is 9.64 Å². The quantitative estimate of drug-likeness (QED) is 0.770. The van der Waals surface area contributed by atoms with Gasteiger partial charge in [-0.25, -0.2) is 0 Å². The van der Waals surface area contributed by atoms with E-state index in [9.17, 15) is 4.79 Å². The van der Waals surface area contributed by atoms with Gasteiger partial charge >= 0.3 is 0 Å². The molecule has 4 rings (SSSR count). The van der Waals surface area contributed by atoms with Crippen LogP contribution in [0.25, 0.3) is 0 Å². The molecule has 1 saturated heterocycles. The van der Waals surface area contributed by atoms with Gasteiger partial charge in [-0.15, -0.1) is 11.3 Å². The van der Waals surface area contributed by atoms with Crippen molar-refractivity contribution in [1.82, 2.24) is 4.90 Å². The average Bonchev–Trinajstić information content (AvgIpc) is 3.37. The number of carbonyl (C=O) groups is 1. The predicted octanol–water partition coefficient (Wildman–Crippen LogP) is 4.38. The van der Waals surface area contributed by atoms with Crippen molar-refractivity contribution >= 4 is 17.2 Å². The fourth-order valence-electron chi connectivity index (χ4n) is 4.08. The first kappa shape index (κ1) is 16.8. The Labute approximate surface area is 153 Å². The van der Waals surface area contributed by atoms with Crippen LogP contribution in [0.1, 0.15) is 47.6 Å². The van der Waals surface area contributed by atoms with Crippen LogP contribution in [0.15, 0.2) is 41.8 Å². The molecule has 4 heteroatoms. The Morgan fingerprint density at radius 2 is 2.12 bits per heavy atom. The van der Waals surface area contributed by atoms with E-state index in [1.807, 2.05) is 4.90 Å². The van der Waals surface area contributed by atoms with Crippen LogP contribution in [0.4, 0.5) is 0 Å². The minimum Gasteiger partial charge on any atom is -0.376 e. The van der Waals surface area contributed by atoms with Gasteiger partial charge in [-0.3, -0.25) is 4.79 Å². The molecule has 0 saturated carbocycles. The number of ether oxygens (including phenoxy) is 1. The summed E-state index contributed by atoms with van der Waals surface area (Å²) in [6, 6.07) is 12.8. The average molecular weight is 356 g/mol. The molecule has 25 heavy (non-hydrogen) atoms. The van der Waals surface area contributed by atoms with E-state index >= 15 is 0 Å². The standard InChI is InChI=1S/C21H25NO2S/c23-21(13-17-10-9-16-5-1-2-8-20(16)17)22(14-18-6-3-11-24-18)15-19-7-4-12-25-19/h1-2,4-5,7-8,12,17-18H,3,6,9-11,13-15H2. The summed E-state index contributed by atoms with van der Waals surface area (Å²) in [7, 11) is 0. The highest BCUT2D eigenvalue weighted by atomic mass is 32.1. The van der Waals surface area contributed by atoms with Crippen molar-refractivity contribution in [2.75, 3.05) is 13.2 Å². The Bertz CT molecular complexity index is 706. The van der Waals surface area contributed by atoms with Crippen molar-refractivity contribution in [3.63, 3.8) is 0 Å². The molecule has 1 fully saturated rings. The molecule has 2 aromatic rings. The maximum atomic E-state index is 13.1. The molecule has 2 atom stereocenters. The Hall–Kier alpha value is -1.65. The van der Waals surface area contributed by atoms with Gasteiger partial charge in [-0.1, -0.05) is 30.3 Å². The van der Waals surface area contributed by atoms with Crippen molar-refractivity contribution in [1.29, 1.82) is 0 Å². The molecule has 1 aliphatic heterocycles. The van der Waals surface area contributed by atoms with Crippen LogP contribution in [-0.2, 0) is 22.5 Å². The van der Waals surface area contributed by atoms with E-state index in [4.69, 9.17) is 4.74 Å². The lowest BCUT2D eigenvalue weighted by Gasteiger charge is -2.26. The molecule has 0 N–H and O–H groups in total. The van der Waals surface area contributed by atoms with Gasteiger partial charge in [-0.2, -0.15) is 0 Å². The largest absolute Gasteiger partial charge is 0.376 e. The Morgan fingerprint density at radius 3 is 2.92 bits per heavy atom. The van der Waals surface area contributed by atoms with Gasteiger partial charge in [0.25, 0.3) is 0 Å². The highest BCUT2D eigenvalue weighted by molar-refractivity contribution is 7.09. The van der Waals surface area contributed by atoms with Crippen molar-refractivity contribution in [3.05, 3.63) is 57.8 Å². The Kier molecular flexibility index (Phi) is 5.18. The summed E-state index contributed by atoms with van der Waals surface area (Å²) in [5.41, 5.74) is 2.80. The third-order valence-corrected chi connectivity index (χ3v) is 6.27. The lowest BCUT2D eigenvalue weighted by molar-refractivity contribution is -0.133. The molecule has 1 amide bonds. The van der Waals surface area contributed by atoms with E-state index < -0.39 is 0 Å². The van der Waals surface area contributed by atoms with Gasteiger partial charge in [0.05, 0.1) is 12.6 Å². The molecule has 3 nitrogen and oxygen atoms in total. The zero-order valence-corrected chi connectivity index (χ0v) is 15.3. The second kappa shape index (κ2) is 7.71. The maximum Gasteiger partial charge on any atom is 0.223 e. The van der Waals surface area contributed by atoms with E-state index in [0.29, 0.717) is 18.9 Å². The number of amides is 1. The van der Waals surface area contributed by atoms with Crippen molar-refractivity contribution in [2.45, 2.75) is 50.7 Å². The van der Waals surface area contributed by atoms with Crippen LogP contribution in [0.2, 0.25) is 0 Å². The van der Waals surface area contributed by atoms with E-state index in [0.717, 1.165) is 38.8 Å². The normalized spacial score (nSPS) is 22.1. The zero-order valence-electron chi connectivity index (χ0n) is 14.5.